The number of benzene rings is 1. The standard InChI is InChI=1S/C14H16BrClN2O5/c1-7(2)12(13(20)18-14(17)21)23-11(19)6-22-10-4-3-8(16)5-9(10)15/h3-5,7,12H,6H2,1-2H3,(H3,17,18,20,21)/t12-/m1/s1. The topological polar surface area (TPSA) is 108 Å². The second-order valence-electron chi connectivity index (χ2n) is 4.87. The number of carbonyl (C=O) groups is 3. The van der Waals surface area contributed by atoms with Crippen LogP contribution in [0.25, 0.3) is 0 Å². The molecule has 3 amide bonds. The smallest absolute Gasteiger partial charge is 0.344 e. The third-order valence-corrected chi connectivity index (χ3v) is 3.46. The van der Waals surface area contributed by atoms with Gasteiger partial charge >= 0.3 is 12.0 Å². The fourth-order valence-corrected chi connectivity index (χ4v) is 2.39. The van der Waals surface area contributed by atoms with Crippen LogP contribution >= 0.6 is 27.5 Å². The maximum Gasteiger partial charge on any atom is 0.344 e. The molecule has 0 spiro atoms. The van der Waals surface area contributed by atoms with E-state index in [2.05, 4.69) is 15.9 Å². The largest absolute Gasteiger partial charge is 0.481 e. The Kier molecular flexibility index (Phi) is 7.31. The molecule has 0 heterocycles. The molecule has 0 aromatic heterocycles. The van der Waals surface area contributed by atoms with Crippen molar-refractivity contribution in [3.63, 3.8) is 0 Å². The molecule has 0 unspecified atom stereocenters. The molecule has 126 valence electrons. The molecular weight excluding hydrogens is 392 g/mol. The third kappa shape index (κ3) is 6.45. The molecular formula is C14H16BrClN2O5. The number of halogens is 2. The summed E-state index contributed by atoms with van der Waals surface area (Å²) in [6, 6.07) is 3.78. The lowest BCUT2D eigenvalue weighted by atomic mass is 10.1. The first-order chi connectivity index (χ1) is 10.7. The van der Waals surface area contributed by atoms with Gasteiger partial charge in [0.1, 0.15) is 5.75 Å². The van der Waals surface area contributed by atoms with Crippen molar-refractivity contribution in [2.75, 3.05) is 6.61 Å². The van der Waals surface area contributed by atoms with Gasteiger partial charge in [0.05, 0.1) is 4.47 Å². The fraction of sp³-hybridized carbons (Fsp3) is 0.357. The number of urea groups is 1. The van der Waals surface area contributed by atoms with Crippen LogP contribution in [0, 0.1) is 5.92 Å². The van der Waals surface area contributed by atoms with Gasteiger partial charge in [-0.2, -0.15) is 0 Å². The summed E-state index contributed by atoms with van der Waals surface area (Å²) in [5.41, 5.74) is 4.87. The Morgan fingerprint density at radius 2 is 2.00 bits per heavy atom. The number of imide groups is 1. The van der Waals surface area contributed by atoms with E-state index in [0.717, 1.165) is 0 Å². The minimum Gasteiger partial charge on any atom is -0.481 e. The van der Waals surface area contributed by atoms with Crippen molar-refractivity contribution in [2.24, 2.45) is 11.7 Å². The normalized spacial score (nSPS) is 11.7. The van der Waals surface area contributed by atoms with Crippen LogP contribution in [0.3, 0.4) is 0 Å². The van der Waals surface area contributed by atoms with Gasteiger partial charge in [-0.05, 0) is 40.0 Å². The summed E-state index contributed by atoms with van der Waals surface area (Å²) in [4.78, 5) is 34.3. The molecule has 0 fully saturated rings. The summed E-state index contributed by atoms with van der Waals surface area (Å²) in [5, 5.41) is 2.39. The molecule has 0 radical (unpaired) electrons. The van der Waals surface area contributed by atoms with Crippen LogP contribution in [0.15, 0.2) is 22.7 Å². The summed E-state index contributed by atoms with van der Waals surface area (Å²) >= 11 is 9.04. The molecule has 0 saturated carbocycles. The quantitative estimate of drug-likeness (QED) is 0.703. The lowest BCUT2D eigenvalue weighted by Crippen LogP contribution is -2.46. The first-order valence-electron chi connectivity index (χ1n) is 6.58. The highest BCUT2D eigenvalue weighted by molar-refractivity contribution is 9.10. The molecule has 0 aliphatic carbocycles. The number of primary amides is 1. The molecule has 23 heavy (non-hydrogen) atoms. The molecule has 0 aliphatic heterocycles. The second-order valence-corrected chi connectivity index (χ2v) is 6.16. The van der Waals surface area contributed by atoms with Crippen LogP contribution in [0.5, 0.6) is 5.75 Å². The van der Waals surface area contributed by atoms with Crippen molar-refractivity contribution >= 4 is 45.4 Å². The summed E-state index contributed by atoms with van der Waals surface area (Å²) in [5.74, 6) is -1.49. The van der Waals surface area contributed by atoms with Gasteiger partial charge in [0.15, 0.2) is 12.7 Å². The first kappa shape index (κ1) is 19.2. The van der Waals surface area contributed by atoms with Gasteiger partial charge in [-0.3, -0.25) is 10.1 Å². The van der Waals surface area contributed by atoms with Crippen LogP contribution in [-0.4, -0.2) is 30.6 Å². The third-order valence-electron chi connectivity index (χ3n) is 2.61. The van der Waals surface area contributed by atoms with Crippen molar-refractivity contribution in [3.05, 3.63) is 27.7 Å². The zero-order valence-electron chi connectivity index (χ0n) is 12.5. The molecule has 1 aromatic carbocycles. The minimum absolute atomic E-state index is 0.347. The predicted octanol–water partition coefficient (Wildman–Crippen LogP) is 2.24. The molecule has 1 aromatic rings. The second kappa shape index (κ2) is 8.73. The Hall–Kier alpha value is -1.80. The predicted molar refractivity (Wildman–Crippen MR) is 87.1 cm³/mol. The van der Waals surface area contributed by atoms with E-state index in [1.165, 1.54) is 0 Å². The highest BCUT2D eigenvalue weighted by Crippen LogP contribution is 2.27. The van der Waals surface area contributed by atoms with E-state index in [-0.39, 0.29) is 5.92 Å². The van der Waals surface area contributed by atoms with E-state index >= 15 is 0 Å². The Morgan fingerprint density at radius 3 is 2.52 bits per heavy atom. The molecule has 3 N–H and O–H groups in total. The van der Waals surface area contributed by atoms with Crippen molar-refractivity contribution in [1.29, 1.82) is 0 Å². The van der Waals surface area contributed by atoms with Crippen LogP contribution in [-0.2, 0) is 14.3 Å². The minimum atomic E-state index is -1.15. The summed E-state index contributed by atoms with van der Waals surface area (Å²) in [6.07, 6.45) is -1.15. The molecule has 1 rings (SSSR count). The van der Waals surface area contributed by atoms with Crippen molar-refractivity contribution in [3.8, 4) is 5.75 Å². The number of amides is 3. The van der Waals surface area contributed by atoms with Gasteiger partial charge in [-0.1, -0.05) is 25.4 Å². The Labute approximate surface area is 146 Å². The van der Waals surface area contributed by atoms with E-state index < -0.39 is 30.6 Å². The maximum atomic E-state index is 11.8. The van der Waals surface area contributed by atoms with Gasteiger partial charge < -0.3 is 15.2 Å². The number of esters is 1. The number of ether oxygens (including phenoxy) is 2. The number of nitrogens with two attached hydrogens (primary N) is 1. The van der Waals surface area contributed by atoms with Gasteiger partial charge in [0.2, 0.25) is 0 Å². The van der Waals surface area contributed by atoms with Crippen LogP contribution in [0.1, 0.15) is 13.8 Å². The number of rotatable bonds is 6. The maximum absolute atomic E-state index is 11.8. The summed E-state index contributed by atoms with van der Waals surface area (Å²) in [7, 11) is 0. The van der Waals surface area contributed by atoms with Crippen molar-refractivity contribution in [2.45, 2.75) is 20.0 Å². The molecule has 0 aliphatic rings. The number of carbonyl (C=O) groups excluding carboxylic acids is 3. The molecule has 0 bridgehead atoms. The number of hydrogen-bond donors (Lipinski definition) is 2. The van der Waals surface area contributed by atoms with E-state index in [0.29, 0.717) is 15.2 Å². The monoisotopic (exact) mass is 406 g/mol. The van der Waals surface area contributed by atoms with Crippen molar-refractivity contribution < 1.29 is 23.9 Å². The fourth-order valence-electron chi connectivity index (χ4n) is 1.59. The van der Waals surface area contributed by atoms with Gasteiger partial charge in [-0.25, -0.2) is 9.59 Å². The van der Waals surface area contributed by atoms with Crippen LogP contribution < -0.4 is 15.8 Å². The highest BCUT2D eigenvalue weighted by atomic mass is 79.9. The van der Waals surface area contributed by atoms with E-state index in [9.17, 15) is 14.4 Å². The van der Waals surface area contributed by atoms with Crippen LogP contribution in [0.2, 0.25) is 5.02 Å². The van der Waals surface area contributed by atoms with Crippen LogP contribution in [0.4, 0.5) is 4.79 Å². The van der Waals surface area contributed by atoms with Gasteiger partial charge in [-0.15, -0.1) is 0 Å². The van der Waals surface area contributed by atoms with E-state index in [1.54, 1.807) is 32.0 Å². The van der Waals surface area contributed by atoms with E-state index in [1.807, 2.05) is 5.32 Å². The highest BCUT2D eigenvalue weighted by Gasteiger charge is 2.27. The number of nitrogens with one attached hydrogen (secondary N) is 1. The zero-order chi connectivity index (χ0) is 17.6. The molecule has 9 heteroatoms. The number of hydrogen-bond acceptors (Lipinski definition) is 5. The molecule has 7 nitrogen and oxygen atoms in total. The van der Waals surface area contributed by atoms with E-state index in [4.69, 9.17) is 26.8 Å². The molecule has 0 saturated heterocycles. The lowest BCUT2D eigenvalue weighted by molar-refractivity contribution is -0.160. The Morgan fingerprint density at radius 1 is 1.35 bits per heavy atom. The molecule has 1 atom stereocenters. The Bertz CT molecular complexity index is 609. The SMILES string of the molecule is CC(C)[C@@H](OC(=O)COc1ccc(Cl)cc1Br)C(=O)NC(N)=O. The van der Waals surface area contributed by atoms with Crippen molar-refractivity contribution in [1.82, 2.24) is 5.32 Å². The Balaban J connectivity index is 2.62. The lowest BCUT2D eigenvalue weighted by Gasteiger charge is -2.20. The average molecular weight is 408 g/mol. The zero-order valence-corrected chi connectivity index (χ0v) is 14.8. The van der Waals surface area contributed by atoms with Gasteiger partial charge in [0.25, 0.3) is 5.91 Å². The first-order valence-corrected chi connectivity index (χ1v) is 7.75. The average Bonchev–Trinajstić information content (AvgIpc) is 2.42. The summed E-state index contributed by atoms with van der Waals surface area (Å²) in [6.45, 7) is 2.91. The summed E-state index contributed by atoms with van der Waals surface area (Å²) < 4.78 is 10.9. The van der Waals surface area contributed by atoms with Gasteiger partial charge in [0, 0.05) is 5.02 Å².